The van der Waals surface area contributed by atoms with E-state index >= 15 is 0 Å². The van der Waals surface area contributed by atoms with Crippen LogP contribution < -0.4 is 5.32 Å². The van der Waals surface area contributed by atoms with Crippen LogP contribution in [0.2, 0.25) is 0 Å². The number of hydrogen-bond acceptors (Lipinski definition) is 6. The first-order chi connectivity index (χ1) is 20.7. The molecule has 43 heavy (non-hydrogen) atoms. The van der Waals surface area contributed by atoms with Crippen LogP contribution in [0.15, 0.2) is 91.8 Å². The van der Waals surface area contributed by atoms with Crippen LogP contribution in [-0.4, -0.2) is 40.4 Å². The third-order valence-corrected chi connectivity index (χ3v) is 6.80. The first-order valence-corrected chi connectivity index (χ1v) is 12.9. The zero-order valence-corrected chi connectivity index (χ0v) is 22.1. The lowest BCUT2D eigenvalue weighted by atomic mass is 9.89. The smallest absolute Gasteiger partial charge is 0.228 e. The van der Waals surface area contributed by atoms with Gasteiger partial charge in [-0.3, -0.25) is 4.79 Å². The maximum Gasteiger partial charge on any atom is 0.228 e. The summed E-state index contributed by atoms with van der Waals surface area (Å²) in [6.07, 6.45) is 4.51. The molecule has 0 saturated heterocycles. The molecule has 0 fully saturated rings. The average molecular weight is 588 g/mol. The Hall–Kier alpha value is -5.43. The number of pyridine rings is 2. The molecule has 0 saturated carbocycles. The van der Waals surface area contributed by atoms with Gasteiger partial charge in [0.05, 0.1) is 24.7 Å². The second-order valence-corrected chi connectivity index (χ2v) is 9.81. The number of carbonyl (C=O) groups is 1. The van der Waals surface area contributed by atoms with Crippen molar-refractivity contribution in [3.63, 3.8) is 0 Å². The Bertz CT molecular complexity index is 1940. The van der Waals surface area contributed by atoms with Crippen LogP contribution >= 0.6 is 0 Å². The van der Waals surface area contributed by atoms with E-state index in [9.17, 15) is 27.5 Å². The van der Waals surface area contributed by atoms with Crippen LogP contribution in [0.1, 0.15) is 12.0 Å². The summed E-state index contributed by atoms with van der Waals surface area (Å²) in [6, 6.07) is 14.4. The summed E-state index contributed by atoms with van der Waals surface area (Å²) in [5, 5.41) is 22.6. The number of nitrogens with one attached hydrogen (secondary N) is 1. The minimum Gasteiger partial charge on any atom is -0.383 e. The Morgan fingerprint density at radius 3 is 2.42 bits per heavy atom. The maximum atomic E-state index is 14.8. The highest BCUT2D eigenvalue weighted by Gasteiger charge is 2.36. The second kappa shape index (κ2) is 11.1. The van der Waals surface area contributed by atoms with E-state index in [1.54, 1.807) is 30.3 Å². The van der Waals surface area contributed by atoms with Crippen molar-refractivity contribution in [1.29, 1.82) is 0 Å². The van der Waals surface area contributed by atoms with E-state index in [1.165, 1.54) is 52.4 Å². The van der Waals surface area contributed by atoms with Crippen molar-refractivity contribution in [1.82, 2.24) is 29.4 Å². The summed E-state index contributed by atoms with van der Waals surface area (Å²) in [4.78, 5) is 21.2. The van der Waals surface area contributed by atoms with E-state index in [2.05, 4.69) is 25.5 Å². The van der Waals surface area contributed by atoms with Gasteiger partial charge in [-0.2, -0.15) is 10.2 Å². The Labute approximate surface area is 241 Å². The standard InChI is InChI=1S/C30H21F4N7O2/c31-20-3-1-18(2-4-20)29-28(25-8-6-22(33)14-41(25)39-29)19-9-10-36-26(11-19)38-27(42)13-30(43,15-40-17-35-16-37-40)23-7-5-21(32)12-24(23)34/h1-12,14,16-17,43H,13,15H2,(H,36,38,42)/t30-/m0/s1. The molecule has 6 aromatic rings. The number of nitrogens with zero attached hydrogens (tertiary/aromatic N) is 6. The van der Waals surface area contributed by atoms with Gasteiger partial charge in [0.15, 0.2) is 0 Å². The van der Waals surface area contributed by atoms with E-state index in [1.807, 2.05) is 0 Å². The van der Waals surface area contributed by atoms with Crippen LogP contribution in [0.5, 0.6) is 0 Å². The number of amides is 1. The van der Waals surface area contributed by atoms with E-state index < -0.39 is 41.2 Å². The van der Waals surface area contributed by atoms with Gasteiger partial charge in [-0.1, -0.05) is 6.07 Å². The van der Waals surface area contributed by atoms with E-state index in [-0.39, 0.29) is 17.9 Å². The highest BCUT2D eigenvalue weighted by Crippen LogP contribution is 2.36. The SMILES string of the molecule is O=C(C[C@](O)(Cn1cncn1)c1ccc(F)cc1F)Nc1cc(-c2c(-c3ccc(F)cc3)nn3cc(F)ccc23)ccn1. The number of fused-ring (bicyclic) bond motifs is 1. The van der Waals surface area contributed by atoms with Crippen molar-refractivity contribution in [3.05, 3.63) is 121 Å². The van der Waals surface area contributed by atoms with Crippen LogP contribution in [0.4, 0.5) is 23.4 Å². The molecule has 2 aromatic carbocycles. The fourth-order valence-corrected chi connectivity index (χ4v) is 4.91. The molecule has 4 heterocycles. The van der Waals surface area contributed by atoms with Crippen molar-refractivity contribution in [3.8, 4) is 22.4 Å². The highest BCUT2D eigenvalue weighted by molar-refractivity contribution is 5.95. The molecule has 13 heteroatoms. The minimum absolute atomic E-state index is 0.0942. The molecule has 1 atom stereocenters. The van der Waals surface area contributed by atoms with E-state index in [0.717, 1.165) is 12.1 Å². The topological polar surface area (TPSA) is 110 Å². The molecule has 9 nitrogen and oxygen atoms in total. The Kier molecular flexibility index (Phi) is 7.16. The zero-order valence-electron chi connectivity index (χ0n) is 22.1. The lowest BCUT2D eigenvalue weighted by Gasteiger charge is -2.28. The quantitative estimate of drug-likeness (QED) is 0.239. The normalized spacial score (nSPS) is 12.8. The third-order valence-electron chi connectivity index (χ3n) is 6.80. The van der Waals surface area contributed by atoms with E-state index in [4.69, 9.17) is 0 Å². The van der Waals surface area contributed by atoms with Gasteiger partial charge in [0.1, 0.15) is 53.0 Å². The van der Waals surface area contributed by atoms with Crippen LogP contribution in [-0.2, 0) is 16.9 Å². The van der Waals surface area contributed by atoms with Crippen LogP contribution in [0.3, 0.4) is 0 Å². The van der Waals surface area contributed by atoms with Crippen molar-refractivity contribution in [2.24, 2.45) is 0 Å². The van der Waals surface area contributed by atoms with Crippen molar-refractivity contribution >= 4 is 17.2 Å². The molecule has 216 valence electrons. The number of rotatable bonds is 8. The lowest BCUT2D eigenvalue weighted by Crippen LogP contribution is -2.37. The number of carbonyl (C=O) groups excluding carboxylic acids is 1. The molecule has 6 rings (SSSR count). The molecule has 0 spiro atoms. The minimum atomic E-state index is -2.13. The first kappa shape index (κ1) is 27.7. The van der Waals surface area contributed by atoms with Crippen molar-refractivity contribution in [2.45, 2.75) is 18.6 Å². The second-order valence-electron chi connectivity index (χ2n) is 9.81. The van der Waals surface area contributed by atoms with Gasteiger partial charge in [-0.25, -0.2) is 36.7 Å². The van der Waals surface area contributed by atoms with Crippen LogP contribution in [0, 0.1) is 23.3 Å². The molecule has 4 aromatic heterocycles. The van der Waals surface area contributed by atoms with Gasteiger partial charge in [-0.15, -0.1) is 0 Å². The highest BCUT2D eigenvalue weighted by atomic mass is 19.1. The third kappa shape index (κ3) is 5.70. The average Bonchev–Trinajstić information content (AvgIpc) is 3.60. The maximum absolute atomic E-state index is 14.8. The van der Waals surface area contributed by atoms with E-state index in [0.29, 0.717) is 34.0 Å². The lowest BCUT2D eigenvalue weighted by molar-refractivity contribution is -0.122. The number of benzene rings is 2. The predicted molar refractivity (Wildman–Crippen MR) is 147 cm³/mol. The number of aliphatic hydroxyl groups is 1. The summed E-state index contributed by atoms with van der Waals surface area (Å²) < 4.78 is 58.6. The Morgan fingerprint density at radius 2 is 1.67 bits per heavy atom. The molecular formula is C30H21F4N7O2. The van der Waals surface area contributed by atoms with Gasteiger partial charge < -0.3 is 10.4 Å². The Balaban J connectivity index is 1.33. The molecule has 0 bridgehead atoms. The van der Waals surface area contributed by atoms with Gasteiger partial charge >= 0.3 is 0 Å². The molecule has 0 unspecified atom stereocenters. The fourth-order valence-electron chi connectivity index (χ4n) is 4.91. The summed E-state index contributed by atoms with van der Waals surface area (Å²) in [6.45, 7) is -0.351. The Morgan fingerprint density at radius 1 is 0.907 bits per heavy atom. The van der Waals surface area contributed by atoms with Crippen LogP contribution in [0.25, 0.3) is 27.9 Å². The predicted octanol–water partition coefficient (Wildman–Crippen LogP) is 5.13. The van der Waals surface area contributed by atoms with Gasteiger partial charge in [-0.05, 0) is 60.2 Å². The fraction of sp³-hybridized carbons (Fsp3) is 0.100. The number of aromatic nitrogens is 6. The molecule has 0 radical (unpaired) electrons. The van der Waals surface area contributed by atoms with Gasteiger partial charge in [0, 0.05) is 29.0 Å². The van der Waals surface area contributed by atoms with Crippen molar-refractivity contribution < 1.29 is 27.5 Å². The zero-order chi connectivity index (χ0) is 30.1. The summed E-state index contributed by atoms with van der Waals surface area (Å²) in [5.74, 6) is -3.45. The molecule has 1 amide bonds. The largest absolute Gasteiger partial charge is 0.383 e. The first-order valence-electron chi connectivity index (χ1n) is 12.9. The number of halogens is 4. The molecular weight excluding hydrogens is 566 g/mol. The van der Waals surface area contributed by atoms with Gasteiger partial charge in [0.25, 0.3) is 0 Å². The van der Waals surface area contributed by atoms with Gasteiger partial charge in [0.2, 0.25) is 5.91 Å². The molecule has 2 N–H and O–H groups in total. The summed E-state index contributed by atoms with van der Waals surface area (Å²) in [5.41, 5.74) is 0.233. The summed E-state index contributed by atoms with van der Waals surface area (Å²) in [7, 11) is 0. The molecule has 0 aliphatic rings. The van der Waals surface area contributed by atoms with Crippen molar-refractivity contribution in [2.75, 3.05) is 5.32 Å². The monoisotopic (exact) mass is 587 g/mol. The molecule has 0 aliphatic carbocycles. The number of hydrogen-bond donors (Lipinski definition) is 2. The summed E-state index contributed by atoms with van der Waals surface area (Å²) >= 11 is 0. The number of anilines is 1. The molecule has 0 aliphatic heterocycles.